The van der Waals surface area contributed by atoms with E-state index in [0.717, 1.165) is 44.9 Å². The standard InChI is InChI=1S/C31H17N2S2.C18H24NSi.Ir/c1-6-15-28-20(8-1)22-10-7-11-23(30(22)35-28)31-32-25-12-3-4-13-26(25)33(31)19-16-17-29-24(18-19)21-9-2-5-14-27(21)34-29;1-13(2)16-11-17(15-9-7-14(3)8-10-15)19-12-18(16)20(4,5)6;/h1-10,12-18H;7-9,11-13H,1-6H3;/q2*-1;/i;3D3,13D;. The Kier molecular flexibility index (Phi) is 9.12. The molecule has 0 saturated carbocycles. The van der Waals surface area contributed by atoms with Crippen molar-refractivity contribution in [3.8, 4) is 28.3 Å². The Bertz CT molecular complexity index is 3190. The zero-order valence-electron chi connectivity index (χ0n) is 35.7. The molecule has 0 aliphatic rings. The Morgan fingerprint density at radius 1 is 0.750 bits per heavy atom. The van der Waals surface area contributed by atoms with Crippen molar-refractivity contribution in [1.82, 2.24) is 14.5 Å². The van der Waals surface area contributed by atoms with E-state index in [1.165, 1.54) is 51.6 Å². The molecule has 10 rings (SSSR count). The summed E-state index contributed by atoms with van der Waals surface area (Å²) in [6.45, 7) is 8.38. The molecular formula is C49H41IrN3S2Si-2. The number of thiophene rings is 2. The quantitative estimate of drug-likeness (QED) is 0.127. The summed E-state index contributed by atoms with van der Waals surface area (Å²) < 4.78 is 38.2. The molecule has 0 saturated heterocycles. The maximum Gasteiger partial charge on any atom is 0.0799 e. The zero-order chi connectivity index (χ0) is 41.3. The molecule has 279 valence electrons. The van der Waals surface area contributed by atoms with Gasteiger partial charge < -0.3 is 9.55 Å². The summed E-state index contributed by atoms with van der Waals surface area (Å²) in [7, 11) is -1.61. The first-order valence-electron chi connectivity index (χ1n) is 20.4. The van der Waals surface area contributed by atoms with Crippen molar-refractivity contribution in [2.75, 3.05) is 0 Å². The van der Waals surface area contributed by atoms with Crippen molar-refractivity contribution in [1.29, 1.82) is 0 Å². The second-order valence-corrected chi connectivity index (χ2v) is 22.3. The van der Waals surface area contributed by atoms with Gasteiger partial charge in [0, 0.05) is 62.3 Å². The minimum Gasteiger partial charge on any atom is -0.333 e. The Morgan fingerprint density at radius 3 is 2.20 bits per heavy atom. The summed E-state index contributed by atoms with van der Waals surface area (Å²) in [6, 6.07) is 50.0. The number of aryl methyl sites for hydroxylation is 1. The molecule has 10 aromatic rings. The number of hydrogen-bond acceptors (Lipinski definition) is 4. The average molecular weight is 960 g/mol. The molecule has 1 radical (unpaired) electrons. The van der Waals surface area contributed by atoms with E-state index in [1.807, 2.05) is 54.9 Å². The molecule has 6 aromatic carbocycles. The molecule has 4 aromatic heterocycles. The van der Waals surface area contributed by atoms with Gasteiger partial charge in [0.05, 0.1) is 24.9 Å². The van der Waals surface area contributed by atoms with Gasteiger partial charge in [-0.3, -0.25) is 4.98 Å². The summed E-state index contributed by atoms with van der Waals surface area (Å²) in [6.07, 6.45) is 1.89. The second kappa shape index (κ2) is 15.3. The van der Waals surface area contributed by atoms with Crippen LogP contribution in [-0.2, 0) is 20.1 Å². The molecule has 0 unspecified atom stereocenters. The van der Waals surface area contributed by atoms with Crippen LogP contribution >= 0.6 is 22.7 Å². The number of benzene rings is 6. The monoisotopic (exact) mass is 960 g/mol. The van der Waals surface area contributed by atoms with Gasteiger partial charge in [-0.15, -0.1) is 64.9 Å². The predicted molar refractivity (Wildman–Crippen MR) is 241 cm³/mol. The van der Waals surface area contributed by atoms with Crippen LogP contribution in [0.4, 0.5) is 0 Å². The summed E-state index contributed by atoms with van der Waals surface area (Å²) in [5, 5.41) is 6.33. The van der Waals surface area contributed by atoms with Crippen molar-refractivity contribution in [2.45, 2.75) is 46.2 Å². The maximum absolute atomic E-state index is 8.48. The Hall–Kier alpha value is -4.75. The van der Waals surface area contributed by atoms with E-state index in [9.17, 15) is 0 Å². The van der Waals surface area contributed by atoms with E-state index in [0.29, 0.717) is 0 Å². The van der Waals surface area contributed by atoms with Crippen molar-refractivity contribution in [3.63, 3.8) is 0 Å². The van der Waals surface area contributed by atoms with E-state index >= 15 is 0 Å². The summed E-state index contributed by atoms with van der Waals surface area (Å²) in [5.74, 6) is 0.216. The van der Waals surface area contributed by atoms with Gasteiger partial charge in [-0.25, -0.2) is 0 Å². The van der Waals surface area contributed by atoms with Gasteiger partial charge in [0.1, 0.15) is 0 Å². The van der Waals surface area contributed by atoms with Crippen LogP contribution in [0.3, 0.4) is 0 Å². The molecule has 0 aliphatic heterocycles. The molecule has 0 fully saturated rings. The average Bonchev–Trinajstić information content (AvgIpc) is 3.91. The number of hydrogen-bond donors (Lipinski definition) is 0. The smallest absolute Gasteiger partial charge is 0.0799 e. The normalized spacial score (nSPS) is 13.2. The Labute approximate surface area is 356 Å². The van der Waals surface area contributed by atoms with Crippen molar-refractivity contribution in [3.05, 3.63) is 157 Å². The van der Waals surface area contributed by atoms with Gasteiger partial charge in [0.2, 0.25) is 0 Å². The molecule has 0 N–H and O–H groups in total. The number of rotatable bonds is 5. The third-order valence-electron chi connectivity index (χ3n) is 10.1. The molecule has 0 amide bonds. The zero-order valence-corrected chi connectivity index (χ0v) is 36.7. The van der Waals surface area contributed by atoms with Gasteiger partial charge in [-0.2, -0.15) is 11.3 Å². The van der Waals surface area contributed by atoms with Crippen LogP contribution in [0.25, 0.3) is 79.7 Å². The van der Waals surface area contributed by atoms with Crippen LogP contribution < -0.4 is 5.19 Å². The number of para-hydroxylation sites is 2. The number of aromatic nitrogens is 3. The van der Waals surface area contributed by atoms with Crippen molar-refractivity contribution >= 4 is 87.3 Å². The summed E-state index contributed by atoms with van der Waals surface area (Å²) in [4.78, 5) is 9.71. The molecule has 0 aliphatic carbocycles. The first-order chi connectivity index (χ1) is 28.1. The molecule has 4 heterocycles. The predicted octanol–water partition coefficient (Wildman–Crippen LogP) is 13.8. The molecular weight excluding hydrogens is 915 g/mol. The SMILES string of the molecule is [2H]C([2H])([2H])c1c[c-]c(-c2cc(C([2H])(C)C)c([Si](C)(C)C)cn2)cc1.[Ir].[c-]1ccc2c(sc3ccccc32)c1-c1nc2ccccc2n1-c1ccc2sc3ccccc3c2c1. The molecule has 0 spiro atoms. The number of pyridine rings is 1. The van der Waals surface area contributed by atoms with E-state index < -0.39 is 20.8 Å². The minimum absolute atomic E-state index is 0. The fraction of sp³-hybridized carbons (Fsp3) is 0.143. The maximum atomic E-state index is 8.48. The van der Waals surface area contributed by atoms with Crippen molar-refractivity contribution < 1.29 is 25.6 Å². The second-order valence-electron chi connectivity index (χ2n) is 15.1. The van der Waals surface area contributed by atoms with Crippen LogP contribution in [0.5, 0.6) is 0 Å². The number of nitrogens with zero attached hydrogens (tertiary/aromatic N) is 3. The van der Waals surface area contributed by atoms with E-state index in [-0.39, 0.29) is 25.7 Å². The topological polar surface area (TPSA) is 30.7 Å². The van der Waals surface area contributed by atoms with E-state index in [2.05, 4.69) is 138 Å². The molecule has 3 nitrogen and oxygen atoms in total. The first kappa shape index (κ1) is 33.4. The number of fused-ring (bicyclic) bond motifs is 7. The summed E-state index contributed by atoms with van der Waals surface area (Å²) >= 11 is 3.67. The third-order valence-corrected chi connectivity index (χ3v) is 14.5. The third kappa shape index (κ3) is 6.97. The van der Waals surface area contributed by atoms with Crippen molar-refractivity contribution in [2.24, 2.45) is 0 Å². The number of imidazole rings is 1. The van der Waals surface area contributed by atoms with Gasteiger partial charge in [-0.05, 0) is 69.3 Å². The largest absolute Gasteiger partial charge is 0.333 e. The van der Waals surface area contributed by atoms with Gasteiger partial charge in [0.15, 0.2) is 0 Å². The van der Waals surface area contributed by atoms with Crippen LogP contribution in [0.1, 0.15) is 36.4 Å². The van der Waals surface area contributed by atoms with Gasteiger partial charge >= 0.3 is 0 Å². The first-order valence-corrected chi connectivity index (χ1v) is 23.5. The Balaban J connectivity index is 0.000000177. The fourth-order valence-corrected chi connectivity index (χ4v) is 11.2. The summed E-state index contributed by atoms with van der Waals surface area (Å²) in [5.41, 5.74) is 7.00. The molecule has 7 heteroatoms. The molecule has 56 heavy (non-hydrogen) atoms. The molecule has 0 bridgehead atoms. The van der Waals surface area contributed by atoms with E-state index in [1.54, 1.807) is 12.1 Å². The molecule has 0 atom stereocenters. The minimum atomic E-state index is -2.13. The van der Waals surface area contributed by atoms with Crippen LogP contribution in [-0.4, -0.2) is 22.6 Å². The van der Waals surface area contributed by atoms with Gasteiger partial charge in [-0.1, -0.05) is 111 Å². The Morgan fingerprint density at radius 2 is 1.46 bits per heavy atom. The van der Waals surface area contributed by atoms with Crippen LogP contribution in [0, 0.1) is 19.0 Å². The fourth-order valence-electron chi connectivity index (χ4n) is 7.36. The van der Waals surface area contributed by atoms with Crippen LogP contribution in [0.15, 0.2) is 134 Å². The van der Waals surface area contributed by atoms with Crippen LogP contribution in [0.2, 0.25) is 19.6 Å². The van der Waals surface area contributed by atoms with E-state index in [4.69, 9.17) is 10.5 Å². The van der Waals surface area contributed by atoms with Gasteiger partial charge in [0.25, 0.3) is 0 Å².